The fraction of sp³-hybridized carbons (Fsp3) is 0.588. The SMILES string of the molecule is CN=C(NCCc1cc(C)ccc1OC)NCC(C)(C)OC. The van der Waals surface area contributed by atoms with E-state index < -0.39 is 0 Å². The molecule has 0 spiro atoms. The highest BCUT2D eigenvalue weighted by Gasteiger charge is 2.16. The van der Waals surface area contributed by atoms with Gasteiger partial charge in [-0.2, -0.15) is 0 Å². The second kappa shape index (κ2) is 8.63. The second-order valence-corrected chi connectivity index (χ2v) is 5.88. The maximum absolute atomic E-state index is 5.40. The summed E-state index contributed by atoms with van der Waals surface area (Å²) in [7, 11) is 5.18. The zero-order chi connectivity index (χ0) is 16.6. The first-order valence-electron chi connectivity index (χ1n) is 7.55. The molecule has 22 heavy (non-hydrogen) atoms. The van der Waals surface area contributed by atoms with Crippen molar-refractivity contribution in [2.45, 2.75) is 32.8 Å². The normalized spacial score (nSPS) is 12.2. The highest BCUT2D eigenvalue weighted by Crippen LogP contribution is 2.19. The molecule has 0 aliphatic carbocycles. The van der Waals surface area contributed by atoms with Crippen LogP contribution in [0, 0.1) is 6.92 Å². The first-order valence-corrected chi connectivity index (χ1v) is 7.55. The van der Waals surface area contributed by atoms with Crippen molar-refractivity contribution in [2.24, 2.45) is 4.99 Å². The molecule has 0 aliphatic rings. The third kappa shape index (κ3) is 5.93. The maximum Gasteiger partial charge on any atom is 0.191 e. The van der Waals surface area contributed by atoms with E-state index in [1.165, 1.54) is 11.1 Å². The van der Waals surface area contributed by atoms with Crippen LogP contribution < -0.4 is 15.4 Å². The van der Waals surface area contributed by atoms with Crippen LogP contribution in [0.2, 0.25) is 0 Å². The predicted octanol–water partition coefficient (Wildman–Crippen LogP) is 2.14. The van der Waals surface area contributed by atoms with Crippen molar-refractivity contribution in [1.29, 1.82) is 0 Å². The topological polar surface area (TPSA) is 54.9 Å². The maximum atomic E-state index is 5.40. The molecule has 0 unspecified atom stereocenters. The van der Waals surface area contributed by atoms with Gasteiger partial charge in [-0.1, -0.05) is 17.7 Å². The van der Waals surface area contributed by atoms with Crippen LogP contribution in [0.5, 0.6) is 5.75 Å². The molecule has 5 nitrogen and oxygen atoms in total. The highest BCUT2D eigenvalue weighted by atomic mass is 16.5. The number of hydrogen-bond acceptors (Lipinski definition) is 3. The lowest BCUT2D eigenvalue weighted by molar-refractivity contribution is 0.0268. The molecule has 1 rings (SSSR count). The average molecular weight is 307 g/mol. The summed E-state index contributed by atoms with van der Waals surface area (Å²) in [6.07, 6.45) is 0.874. The van der Waals surface area contributed by atoms with Crippen molar-refractivity contribution >= 4 is 5.96 Å². The van der Waals surface area contributed by atoms with E-state index in [-0.39, 0.29) is 5.60 Å². The van der Waals surface area contributed by atoms with E-state index in [2.05, 4.69) is 34.7 Å². The molecule has 0 heterocycles. The van der Waals surface area contributed by atoms with E-state index in [0.29, 0.717) is 6.54 Å². The van der Waals surface area contributed by atoms with Crippen LogP contribution in [0.15, 0.2) is 23.2 Å². The zero-order valence-corrected chi connectivity index (χ0v) is 14.6. The number of rotatable bonds is 7. The third-order valence-electron chi connectivity index (χ3n) is 3.58. The van der Waals surface area contributed by atoms with Crippen molar-refractivity contribution in [3.63, 3.8) is 0 Å². The Morgan fingerprint density at radius 1 is 1.23 bits per heavy atom. The molecule has 0 amide bonds. The molecule has 5 heteroatoms. The Labute approximate surface area is 134 Å². The van der Waals surface area contributed by atoms with E-state index in [1.807, 2.05) is 19.9 Å². The number of methoxy groups -OCH3 is 2. The molecule has 1 aromatic rings. The van der Waals surface area contributed by atoms with Gasteiger partial charge in [-0.25, -0.2) is 0 Å². The minimum absolute atomic E-state index is 0.225. The van der Waals surface area contributed by atoms with Crippen molar-refractivity contribution in [3.05, 3.63) is 29.3 Å². The monoisotopic (exact) mass is 307 g/mol. The molecule has 0 atom stereocenters. The van der Waals surface area contributed by atoms with Gasteiger partial charge < -0.3 is 20.1 Å². The number of ether oxygens (including phenoxy) is 2. The summed E-state index contributed by atoms with van der Waals surface area (Å²) < 4.78 is 10.8. The molecule has 0 radical (unpaired) electrons. The standard InChI is InChI=1S/C17H29N3O2/c1-13-7-8-15(21-5)14(11-13)9-10-19-16(18-4)20-12-17(2,3)22-6/h7-8,11H,9-10,12H2,1-6H3,(H2,18,19,20). The quantitative estimate of drug-likeness (QED) is 0.598. The Kier molecular flexibility index (Phi) is 7.18. The molecule has 0 aliphatic heterocycles. The number of aryl methyl sites for hydroxylation is 1. The van der Waals surface area contributed by atoms with Crippen molar-refractivity contribution < 1.29 is 9.47 Å². The number of hydrogen-bond donors (Lipinski definition) is 2. The molecule has 0 saturated carbocycles. The zero-order valence-electron chi connectivity index (χ0n) is 14.6. The van der Waals surface area contributed by atoms with Crippen LogP contribution in [-0.4, -0.2) is 45.9 Å². The first kappa shape index (κ1) is 18.3. The van der Waals surface area contributed by atoms with E-state index in [0.717, 1.165) is 24.7 Å². The molecular formula is C17H29N3O2. The fourth-order valence-electron chi connectivity index (χ4n) is 2.01. The Bertz CT molecular complexity index is 499. The molecule has 0 fully saturated rings. The van der Waals surface area contributed by atoms with E-state index in [9.17, 15) is 0 Å². The lowest BCUT2D eigenvalue weighted by Gasteiger charge is -2.24. The van der Waals surface area contributed by atoms with Crippen LogP contribution in [0.25, 0.3) is 0 Å². The van der Waals surface area contributed by atoms with Gasteiger partial charge in [0.25, 0.3) is 0 Å². The van der Waals surface area contributed by atoms with Gasteiger partial charge in [0.2, 0.25) is 0 Å². The van der Waals surface area contributed by atoms with Crippen LogP contribution in [-0.2, 0) is 11.2 Å². The van der Waals surface area contributed by atoms with E-state index in [4.69, 9.17) is 9.47 Å². The Morgan fingerprint density at radius 3 is 2.55 bits per heavy atom. The van der Waals surface area contributed by atoms with Crippen molar-refractivity contribution in [1.82, 2.24) is 10.6 Å². The lowest BCUT2D eigenvalue weighted by atomic mass is 10.1. The smallest absolute Gasteiger partial charge is 0.191 e. The van der Waals surface area contributed by atoms with Gasteiger partial charge in [-0.3, -0.25) is 4.99 Å². The number of nitrogens with zero attached hydrogens (tertiary/aromatic N) is 1. The Hall–Kier alpha value is -1.75. The number of benzene rings is 1. The summed E-state index contributed by atoms with van der Waals surface area (Å²) in [4.78, 5) is 4.22. The van der Waals surface area contributed by atoms with Crippen LogP contribution in [0.1, 0.15) is 25.0 Å². The molecular weight excluding hydrogens is 278 g/mol. The summed E-state index contributed by atoms with van der Waals surface area (Å²) >= 11 is 0. The van der Waals surface area contributed by atoms with Crippen LogP contribution in [0.3, 0.4) is 0 Å². The van der Waals surface area contributed by atoms with Crippen molar-refractivity contribution in [3.8, 4) is 5.75 Å². The second-order valence-electron chi connectivity index (χ2n) is 5.88. The summed E-state index contributed by atoms with van der Waals surface area (Å²) in [6.45, 7) is 7.63. The molecule has 0 aromatic heterocycles. The van der Waals surface area contributed by atoms with Gasteiger partial charge in [-0.15, -0.1) is 0 Å². The average Bonchev–Trinajstić information content (AvgIpc) is 2.51. The highest BCUT2D eigenvalue weighted by molar-refractivity contribution is 5.79. The minimum atomic E-state index is -0.225. The predicted molar refractivity (Wildman–Crippen MR) is 91.9 cm³/mol. The van der Waals surface area contributed by atoms with Crippen LogP contribution in [0.4, 0.5) is 0 Å². The molecule has 0 bridgehead atoms. The summed E-state index contributed by atoms with van der Waals surface area (Å²) in [5.74, 6) is 1.70. The minimum Gasteiger partial charge on any atom is -0.496 e. The van der Waals surface area contributed by atoms with Gasteiger partial charge in [0, 0.05) is 27.2 Å². The molecule has 124 valence electrons. The number of nitrogens with one attached hydrogen (secondary N) is 2. The third-order valence-corrected chi connectivity index (χ3v) is 3.58. The molecule has 2 N–H and O–H groups in total. The van der Waals surface area contributed by atoms with Gasteiger partial charge >= 0.3 is 0 Å². The van der Waals surface area contributed by atoms with Gasteiger partial charge in [0.1, 0.15) is 5.75 Å². The van der Waals surface area contributed by atoms with E-state index in [1.54, 1.807) is 21.3 Å². The summed E-state index contributed by atoms with van der Waals surface area (Å²) in [5.41, 5.74) is 2.21. The van der Waals surface area contributed by atoms with Crippen LogP contribution >= 0.6 is 0 Å². The Balaban J connectivity index is 2.50. The lowest BCUT2D eigenvalue weighted by Crippen LogP contribution is -2.45. The Morgan fingerprint density at radius 2 is 1.95 bits per heavy atom. The van der Waals surface area contributed by atoms with Gasteiger partial charge in [-0.05, 0) is 38.8 Å². The number of guanidine groups is 1. The molecule has 0 saturated heterocycles. The first-order chi connectivity index (χ1) is 10.4. The van der Waals surface area contributed by atoms with Gasteiger partial charge in [0.15, 0.2) is 5.96 Å². The fourth-order valence-corrected chi connectivity index (χ4v) is 2.01. The summed E-state index contributed by atoms with van der Waals surface area (Å²) in [5, 5.41) is 6.58. The number of aliphatic imine (C=N–C) groups is 1. The van der Waals surface area contributed by atoms with Crippen molar-refractivity contribution in [2.75, 3.05) is 34.4 Å². The van der Waals surface area contributed by atoms with Gasteiger partial charge in [0.05, 0.1) is 12.7 Å². The largest absolute Gasteiger partial charge is 0.496 e. The van der Waals surface area contributed by atoms with E-state index >= 15 is 0 Å². The summed E-state index contributed by atoms with van der Waals surface area (Å²) in [6, 6.07) is 6.23. The molecule has 1 aromatic carbocycles.